The van der Waals surface area contributed by atoms with E-state index in [1.165, 1.54) is 0 Å². The number of hydrogen-bond donors (Lipinski definition) is 2. The van der Waals surface area contributed by atoms with Crippen molar-refractivity contribution in [3.8, 4) is 5.75 Å². The zero-order chi connectivity index (χ0) is 18.2. The highest BCUT2D eigenvalue weighted by atomic mass is 35.5. The molecule has 0 saturated carbocycles. The molecule has 1 fully saturated rings. The molecule has 0 aliphatic carbocycles. The summed E-state index contributed by atoms with van der Waals surface area (Å²) in [4.78, 5) is 25.9. The average Bonchev–Trinajstić information content (AvgIpc) is 2.62. The first-order valence-corrected chi connectivity index (χ1v) is 9.14. The van der Waals surface area contributed by atoms with Crippen molar-refractivity contribution in [2.45, 2.75) is 26.7 Å². The number of amides is 2. The van der Waals surface area contributed by atoms with Crippen molar-refractivity contribution in [3.63, 3.8) is 0 Å². The molecule has 0 aromatic heterocycles. The van der Waals surface area contributed by atoms with Crippen LogP contribution in [0, 0.1) is 5.92 Å². The lowest BCUT2D eigenvalue weighted by molar-refractivity contribution is -0.133. The molecule has 1 aromatic rings. The molecule has 1 aliphatic heterocycles. The van der Waals surface area contributed by atoms with Crippen LogP contribution in [0.25, 0.3) is 0 Å². The SMILES string of the molecule is CCN(CC)C(=O)COc1ccc(NC(=O)C2CCNCC2)cc1Cl. The maximum atomic E-state index is 12.3. The summed E-state index contributed by atoms with van der Waals surface area (Å²) in [6.07, 6.45) is 1.68. The number of carbonyl (C=O) groups excluding carboxylic acids is 2. The summed E-state index contributed by atoms with van der Waals surface area (Å²) >= 11 is 6.22. The molecule has 1 heterocycles. The Morgan fingerprint density at radius 3 is 2.56 bits per heavy atom. The number of anilines is 1. The van der Waals surface area contributed by atoms with Crippen LogP contribution in [-0.2, 0) is 9.59 Å². The molecule has 2 N–H and O–H groups in total. The third-order valence-electron chi connectivity index (χ3n) is 4.38. The van der Waals surface area contributed by atoms with Gasteiger partial charge in [0.1, 0.15) is 5.75 Å². The number of nitrogens with zero attached hydrogens (tertiary/aromatic N) is 1. The number of carbonyl (C=O) groups is 2. The molecular formula is C18H26ClN3O3. The summed E-state index contributed by atoms with van der Waals surface area (Å²) < 4.78 is 5.52. The molecule has 1 aromatic carbocycles. The van der Waals surface area contributed by atoms with Gasteiger partial charge >= 0.3 is 0 Å². The molecule has 0 spiro atoms. The fourth-order valence-corrected chi connectivity index (χ4v) is 3.07. The zero-order valence-electron chi connectivity index (χ0n) is 14.8. The van der Waals surface area contributed by atoms with Gasteiger partial charge in [0.05, 0.1) is 5.02 Å². The molecule has 138 valence electrons. The Morgan fingerprint density at radius 2 is 1.96 bits per heavy atom. The summed E-state index contributed by atoms with van der Waals surface area (Å²) in [5.74, 6) is 0.400. The van der Waals surface area contributed by atoms with E-state index in [2.05, 4.69) is 10.6 Å². The number of piperidine rings is 1. The fraction of sp³-hybridized carbons (Fsp3) is 0.556. The van der Waals surface area contributed by atoms with Crippen LogP contribution in [0.3, 0.4) is 0 Å². The van der Waals surface area contributed by atoms with Crippen molar-refractivity contribution in [2.24, 2.45) is 5.92 Å². The molecule has 0 atom stereocenters. The van der Waals surface area contributed by atoms with E-state index in [0.717, 1.165) is 25.9 Å². The summed E-state index contributed by atoms with van der Waals surface area (Å²) in [7, 11) is 0. The maximum absolute atomic E-state index is 12.3. The van der Waals surface area contributed by atoms with E-state index in [1.807, 2.05) is 13.8 Å². The Balaban J connectivity index is 1.91. The predicted octanol–water partition coefficient (Wildman–Crippen LogP) is 2.53. The van der Waals surface area contributed by atoms with Gasteiger partial charge in [-0.15, -0.1) is 0 Å². The van der Waals surface area contributed by atoms with Crippen molar-refractivity contribution in [1.29, 1.82) is 0 Å². The van der Waals surface area contributed by atoms with Crippen molar-refractivity contribution >= 4 is 29.1 Å². The van der Waals surface area contributed by atoms with E-state index in [4.69, 9.17) is 16.3 Å². The summed E-state index contributed by atoms with van der Waals surface area (Å²) in [6.45, 7) is 6.82. The first-order valence-electron chi connectivity index (χ1n) is 8.76. The second-order valence-electron chi connectivity index (χ2n) is 6.01. The second-order valence-corrected chi connectivity index (χ2v) is 6.42. The van der Waals surface area contributed by atoms with Crippen LogP contribution < -0.4 is 15.4 Å². The molecule has 2 rings (SSSR count). The Hall–Kier alpha value is -1.79. The molecule has 0 radical (unpaired) electrons. The highest BCUT2D eigenvalue weighted by Gasteiger charge is 2.21. The number of rotatable bonds is 7. The first kappa shape index (κ1) is 19.5. The monoisotopic (exact) mass is 367 g/mol. The molecule has 1 saturated heterocycles. The molecule has 0 bridgehead atoms. The number of halogens is 1. The van der Waals surface area contributed by atoms with Crippen LogP contribution in [0.4, 0.5) is 5.69 Å². The normalized spacial score (nSPS) is 14.8. The predicted molar refractivity (Wildman–Crippen MR) is 99.1 cm³/mol. The Kier molecular flexibility index (Phi) is 7.52. The van der Waals surface area contributed by atoms with Crippen LogP contribution in [0.1, 0.15) is 26.7 Å². The fourth-order valence-electron chi connectivity index (χ4n) is 2.83. The molecule has 7 heteroatoms. The van der Waals surface area contributed by atoms with E-state index in [0.29, 0.717) is 29.5 Å². The van der Waals surface area contributed by atoms with E-state index >= 15 is 0 Å². The molecule has 0 unspecified atom stereocenters. The summed E-state index contributed by atoms with van der Waals surface area (Å²) in [6, 6.07) is 5.07. The minimum atomic E-state index is -0.0793. The average molecular weight is 368 g/mol. The minimum Gasteiger partial charge on any atom is -0.482 e. The van der Waals surface area contributed by atoms with Gasteiger partial charge in [-0.05, 0) is 58.0 Å². The van der Waals surface area contributed by atoms with Gasteiger partial charge < -0.3 is 20.3 Å². The summed E-state index contributed by atoms with van der Waals surface area (Å²) in [5.41, 5.74) is 0.635. The number of likely N-dealkylation sites (N-methyl/N-ethyl adjacent to an activating group) is 1. The van der Waals surface area contributed by atoms with Gasteiger partial charge in [0, 0.05) is 24.7 Å². The van der Waals surface area contributed by atoms with Crippen LogP contribution in [0.5, 0.6) is 5.75 Å². The third kappa shape index (κ3) is 5.61. The topological polar surface area (TPSA) is 70.7 Å². The lowest BCUT2D eigenvalue weighted by Gasteiger charge is -2.22. The number of hydrogen-bond acceptors (Lipinski definition) is 4. The smallest absolute Gasteiger partial charge is 0.260 e. The number of nitrogens with one attached hydrogen (secondary N) is 2. The Bertz CT molecular complexity index is 599. The van der Waals surface area contributed by atoms with Crippen molar-refractivity contribution in [2.75, 3.05) is 38.1 Å². The lowest BCUT2D eigenvalue weighted by atomic mass is 9.97. The number of benzene rings is 1. The van der Waals surface area contributed by atoms with E-state index < -0.39 is 0 Å². The van der Waals surface area contributed by atoms with Gasteiger partial charge in [0.25, 0.3) is 5.91 Å². The molecule has 2 amide bonds. The van der Waals surface area contributed by atoms with Gasteiger partial charge in [-0.1, -0.05) is 11.6 Å². The summed E-state index contributed by atoms with van der Waals surface area (Å²) in [5, 5.41) is 6.51. The van der Waals surface area contributed by atoms with Gasteiger partial charge in [-0.2, -0.15) is 0 Å². The highest BCUT2D eigenvalue weighted by Crippen LogP contribution is 2.28. The Morgan fingerprint density at radius 1 is 1.28 bits per heavy atom. The van der Waals surface area contributed by atoms with E-state index in [-0.39, 0.29) is 24.3 Å². The second kappa shape index (κ2) is 9.63. The number of ether oxygens (including phenoxy) is 1. The van der Waals surface area contributed by atoms with Gasteiger partial charge in [0.2, 0.25) is 5.91 Å². The quantitative estimate of drug-likeness (QED) is 0.776. The van der Waals surface area contributed by atoms with E-state index in [1.54, 1.807) is 23.1 Å². The Labute approximate surface area is 153 Å². The highest BCUT2D eigenvalue weighted by molar-refractivity contribution is 6.32. The molecule has 6 nitrogen and oxygen atoms in total. The van der Waals surface area contributed by atoms with Crippen molar-refractivity contribution in [1.82, 2.24) is 10.2 Å². The van der Waals surface area contributed by atoms with Gasteiger partial charge in [-0.25, -0.2) is 0 Å². The van der Waals surface area contributed by atoms with Crippen LogP contribution in [0.15, 0.2) is 18.2 Å². The largest absolute Gasteiger partial charge is 0.482 e. The van der Waals surface area contributed by atoms with Crippen LogP contribution >= 0.6 is 11.6 Å². The minimum absolute atomic E-state index is 0.0166. The van der Waals surface area contributed by atoms with Gasteiger partial charge in [0.15, 0.2) is 6.61 Å². The zero-order valence-corrected chi connectivity index (χ0v) is 15.6. The van der Waals surface area contributed by atoms with E-state index in [9.17, 15) is 9.59 Å². The van der Waals surface area contributed by atoms with Crippen LogP contribution in [-0.4, -0.2) is 49.5 Å². The maximum Gasteiger partial charge on any atom is 0.260 e. The van der Waals surface area contributed by atoms with Crippen LogP contribution in [0.2, 0.25) is 5.02 Å². The molecule has 1 aliphatic rings. The first-order chi connectivity index (χ1) is 12.0. The van der Waals surface area contributed by atoms with Crippen molar-refractivity contribution in [3.05, 3.63) is 23.2 Å². The molecule has 25 heavy (non-hydrogen) atoms. The van der Waals surface area contributed by atoms with Gasteiger partial charge in [-0.3, -0.25) is 9.59 Å². The molecular weight excluding hydrogens is 342 g/mol. The lowest BCUT2D eigenvalue weighted by Crippen LogP contribution is -2.34. The standard InChI is InChI=1S/C18H26ClN3O3/c1-3-22(4-2)17(23)12-25-16-6-5-14(11-15(16)19)21-18(24)13-7-9-20-10-8-13/h5-6,11,13,20H,3-4,7-10,12H2,1-2H3,(H,21,24). The van der Waals surface area contributed by atoms with Crippen molar-refractivity contribution < 1.29 is 14.3 Å². The third-order valence-corrected chi connectivity index (χ3v) is 4.67.